The molecule has 8 heteroatoms. The number of non-ortho nitro benzene ring substituents is 1. The summed E-state index contributed by atoms with van der Waals surface area (Å²) in [5.74, 6) is -0.669. The van der Waals surface area contributed by atoms with Gasteiger partial charge in [0, 0.05) is 23.9 Å². The second-order valence-corrected chi connectivity index (χ2v) is 4.45. The molecule has 3 N–H and O–H groups in total. The third kappa shape index (κ3) is 3.86. The van der Waals surface area contributed by atoms with E-state index in [-0.39, 0.29) is 22.2 Å². The molecule has 0 saturated heterocycles. The van der Waals surface area contributed by atoms with Crippen molar-refractivity contribution in [2.45, 2.75) is 0 Å². The quantitative estimate of drug-likeness (QED) is 0.349. The molecule has 0 saturated carbocycles. The van der Waals surface area contributed by atoms with Crippen molar-refractivity contribution < 1.29 is 14.4 Å². The van der Waals surface area contributed by atoms with Crippen LogP contribution in [0.25, 0.3) is 0 Å². The molecule has 0 heterocycles. The van der Waals surface area contributed by atoms with Crippen LogP contribution in [-0.2, 0) is 0 Å². The Labute approximate surface area is 124 Å². The number of nitro benzene ring substituents is 1. The summed E-state index contributed by atoms with van der Waals surface area (Å²) in [7, 11) is 0. The maximum Gasteiger partial charge on any atom is 0.269 e. The Balaban J connectivity index is 2.04. The minimum atomic E-state index is -0.520. The van der Waals surface area contributed by atoms with Gasteiger partial charge in [-0.25, -0.2) is 4.39 Å². The van der Waals surface area contributed by atoms with Crippen LogP contribution in [0.1, 0.15) is 0 Å². The van der Waals surface area contributed by atoms with Gasteiger partial charge in [0.15, 0.2) is 5.11 Å². The zero-order chi connectivity index (χ0) is 15.4. The number of anilines is 2. The molecule has 108 valence electrons. The van der Waals surface area contributed by atoms with E-state index in [0.717, 1.165) is 12.1 Å². The number of hydrogen-bond acceptors (Lipinski definition) is 4. The summed E-state index contributed by atoms with van der Waals surface area (Å²) < 4.78 is 13.1. The van der Waals surface area contributed by atoms with E-state index >= 15 is 0 Å². The number of phenolic OH excluding ortho intramolecular Hbond substituents is 1. The third-order valence-corrected chi connectivity index (χ3v) is 2.75. The van der Waals surface area contributed by atoms with E-state index in [0.29, 0.717) is 5.69 Å². The first-order chi connectivity index (χ1) is 9.95. The fraction of sp³-hybridized carbons (Fsp3) is 0. The lowest BCUT2D eigenvalue weighted by Gasteiger charge is -2.11. The van der Waals surface area contributed by atoms with Gasteiger partial charge in [-0.15, -0.1) is 0 Å². The van der Waals surface area contributed by atoms with E-state index in [9.17, 15) is 19.6 Å². The number of rotatable bonds is 3. The standard InChI is InChI=1S/C13H10FN3O3S/c14-8-1-6-12(18)11(7-8)16-13(21)15-9-2-4-10(5-3-9)17(19)20/h1-7,18H,(H2,15,16,21). The molecule has 0 radical (unpaired) electrons. The molecule has 2 aromatic carbocycles. The van der Waals surface area contributed by atoms with Gasteiger partial charge in [0.05, 0.1) is 10.6 Å². The highest BCUT2D eigenvalue weighted by Gasteiger charge is 2.07. The highest BCUT2D eigenvalue weighted by Crippen LogP contribution is 2.24. The van der Waals surface area contributed by atoms with Gasteiger partial charge in [0.25, 0.3) is 5.69 Å². The summed E-state index contributed by atoms with van der Waals surface area (Å²) in [6.07, 6.45) is 0. The summed E-state index contributed by atoms with van der Waals surface area (Å²) in [6, 6.07) is 9.03. The van der Waals surface area contributed by atoms with Crippen LogP contribution in [0.4, 0.5) is 21.5 Å². The Bertz CT molecular complexity index is 692. The van der Waals surface area contributed by atoms with Crippen LogP contribution in [0.5, 0.6) is 5.75 Å². The Morgan fingerprint density at radius 2 is 1.86 bits per heavy atom. The molecule has 0 spiro atoms. The number of thiocarbonyl (C=S) groups is 1. The highest BCUT2D eigenvalue weighted by atomic mass is 32.1. The van der Waals surface area contributed by atoms with E-state index in [1.807, 2.05) is 0 Å². The molecule has 2 rings (SSSR count). The van der Waals surface area contributed by atoms with Crippen LogP contribution in [0, 0.1) is 15.9 Å². The molecule has 6 nitrogen and oxygen atoms in total. The summed E-state index contributed by atoms with van der Waals surface area (Å²) >= 11 is 5.02. The second-order valence-electron chi connectivity index (χ2n) is 4.04. The number of aromatic hydroxyl groups is 1. The fourth-order valence-corrected chi connectivity index (χ4v) is 1.79. The molecule has 0 aliphatic carbocycles. The average molecular weight is 307 g/mol. The first-order valence-electron chi connectivity index (χ1n) is 5.76. The molecule has 0 fully saturated rings. The first-order valence-corrected chi connectivity index (χ1v) is 6.17. The van der Waals surface area contributed by atoms with Crippen molar-refractivity contribution in [1.29, 1.82) is 0 Å². The van der Waals surface area contributed by atoms with Crippen LogP contribution in [0.2, 0.25) is 0 Å². The van der Waals surface area contributed by atoms with Crippen molar-refractivity contribution in [2.24, 2.45) is 0 Å². The lowest BCUT2D eigenvalue weighted by atomic mass is 10.3. The molecule has 2 aromatic rings. The Morgan fingerprint density at radius 3 is 2.48 bits per heavy atom. The van der Waals surface area contributed by atoms with Gasteiger partial charge < -0.3 is 15.7 Å². The number of benzene rings is 2. The van der Waals surface area contributed by atoms with Gasteiger partial charge in [-0.3, -0.25) is 10.1 Å². The lowest BCUT2D eigenvalue weighted by Crippen LogP contribution is -2.19. The minimum absolute atomic E-state index is 0.0396. The maximum absolute atomic E-state index is 13.1. The van der Waals surface area contributed by atoms with Crippen LogP contribution in [0.3, 0.4) is 0 Å². The molecular weight excluding hydrogens is 297 g/mol. The van der Waals surface area contributed by atoms with Crippen LogP contribution < -0.4 is 10.6 Å². The number of nitro groups is 1. The SMILES string of the molecule is O=[N+]([O-])c1ccc(NC(=S)Nc2cc(F)ccc2O)cc1. The van der Waals surface area contributed by atoms with Gasteiger partial charge in [-0.2, -0.15) is 0 Å². The molecular formula is C13H10FN3O3S. The topological polar surface area (TPSA) is 87.4 Å². The summed E-state index contributed by atoms with van der Waals surface area (Å²) in [4.78, 5) is 10.0. The van der Waals surface area contributed by atoms with Crippen molar-refractivity contribution in [1.82, 2.24) is 0 Å². The molecule has 0 aliphatic rings. The monoisotopic (exact) mass is 307 g/mol. The summed E-state index contributed by atoms with van der Waals surface area (Å²) in [5, 5.41) is 25.6. The lowest BCUT2D eigenvalue weighted by molar-refractivity contribution is -0.384. The van der Waals surface area contributed by atoms with Crippen molar-refractivity contribution >= 4 is 34.4 Å². The normalized spacial score (nSPS) is 9.95. The number of hydrogen-bond donors (Lipinski definition) is 3. The number of phenols is 1. The van der Waals surface area contributed by atoms with Crippen molar-refractivity contribution in [3.05, 3.63) is 58.4 Å². The largest absolute Gasteiger partial charge is 0.506 e. The predicted molar refractivity (Wildman–Crippen MR) is 81.0 cm³/mol. The highest BCUT2D eigenvalue weighted by molar-refractivity contribution is 7.80. The predicted octanol–water partition coefficient (Wildman–Crippen LogP) is 3.25. The second kappa shape index (κ2) is 6.14. The van der Waals surface area contributed by atoms with Crippen molar-refractivity contribution in [3.8, 4) is 5.75 Å². The molecule has 0 aromatic heterocycles. The fourth-order valence-electron chi connectivity index (χ4n) is 1.56. The zero-order valence-corrected chi connectivity index (χ0v) is 11.4. The Morgan fingerprint density at radius 1 is 1.19 bits per heavy atom. The molecule has 0 bridgehead atoms. The van der Waals surface area contributed by atoms with E-state index in [1.54, 1.807) is 0 Å². The van der Waals surface area contributed by atoms with E-state index in [1.165, 1.54) is 30.3 Å². The number of halogens is 1. The smallest absolute Gasteiger partial charge is 0.269 e. The summed E-state index contributed by atoms with van der Waals surface area (Å²) in [5.41, 5.74) is 0.602. The average Bonchev–Trinajstić information content (AvgIpc) is 2.43. The molecule has 0 atom stereocenters. The number of nitrogens with zero attached hydrogens (tertiary/aromatic N) is 1. The van der Waals surface area contributed by atoms with E-state index in [4.69, 9.17) is 12.2 Å². The van der Waals surface area contributed by atoms with Gasteiger partial charge >= 0.3 is 0 Å². The van der Waals surface area contributed by atoms with Gasteiger partial charge in [-0.05, 0) is 36.5 Å². The third-order valence-electron chi connectivity index (χ3n) is 2.54. The molecule has 0 aliphatic heterocycles. The van der Waals surface area contributed by atoms with Crippen LogP contribution >= 0.6 is 12.2 Å². The van der Waals surface area contributed by atoms with E-state index in [2.05, 4.69) is 10.6 Å². The van der Waals surface area contributed by atoms with Crippen molar-refractivity contribution in [2.75, 3.05) is 10.6 Å². The number of nitrogens with one attached hydrogen (secondary N) is 2. The zero-order valence-electron chi connectivity index (χ0n) is 10.5. The summed E-state index contributed by atoms with van der Waals surface area (Å²) in [6.45, 7) is 0. The van der Waals surface area contributed by atoms with Gasteiger partial charge in [-0.1, -0.05) is 0 Å². The maximum atomic E-state index is 13.1. The molecule has 21 heavy (non-hydrogen) atoms. The van der Waals surface area contributed by atoms with Crippen LogP contribution in [0.15, 0.2) is 42.5 Å². The molecule has 0 amide bonds. The van der Waals surface area contributed by atoms with Gasteiger partial charge in [0.2, 0.25) is 0 Å². The van der Waals surface area contributed by atoms with Crippen LogP contribution in [-0.4, -0.2) is 15.1 Å². The minimum Gasteiger partial charge on any atom is -0.506 e. The van der Waals surface area contributed by atoms with Crippen molar-refractivity contribution in [3.63, 3.8) is 0 Å². The first kappa shape index (κ1) is 14.7. The Hall–Kier alpha value is -2.74. The van der Waals surface area contributed by atoms with E-state index < -0.39 is 10.7 Å². The van der Waals surface area contributed by atoms with Gasteiger partial charge in [0.1, 0.15) is 11.6 Å². The Kier molecular flexibility index (Phi) is 4.29. The molecule has 0 unspecified atom stereocenters.